The third-order valence-corrected chi connectivity index (χ3v) is 5.27. The molecular weight excluding hydrogens is 377 g/mol. The van der Waals surface area contributed by atoms with Crippen LogP contribution in [-0.2, 0) is 6.54 Å². The van der Waals surface area contributed by atoms with Crippen LogP contribution in [0.3, 0.4) is 0 Å². The molecule has 0 atom stereocenters. The predicted molar refractivity (Wildman–Crippen MR) is 107 cm³/mol. The van der Waals surface area contributed by atoms with E-state index in [0.29, 0.717) is 28.6 Å². The fourth-order valence-corrected chi connectivity index (χ4v) is 3.78. The lowest BCUT2D eigenvalue weighted by atomic mass is 10.00. The van der Waals surface area contributed by atoms with Gasteiger partial charge in [-0.05, 0) is 29.7 Å². The summed E-state index contributed by atoms with van der Waals surface area (Å²) in [6.45, 7) is 3.94. The first-order chi connectivity index (χ1) is 13.8. The molecule has 1 amide bonds. The summed E-state index contributed by atoms with van der Waals surface area (Å²) in [7, 11) is 0. The van der Waals surface area contributed by atoms with E-state index in [4.69, 9.17) is 5.73 Å². The highest BCUT2D eigenvalue weighted by Crippen LogP contribution is 2.34. The Bertz CT molecular complexity index is 1250. The van der Waals surface area contributed by atoms with E-state index in [2.05, 4.69) is 0 Å². The van der Waals surface area contributed by atoms with Gasteiger partial charge in [0.1, 0.15) is 17.5 Å². The summed E-state index contributed by atoms with van der Waals surface area (Å²) in [5.74, 6) is -3.22. The Morgan fingerprint density at radius 2 is 1.69 bits per heavy atom. The van der Waals surface area contributed by atoms with Crippen molar-refractivity contribution >= 4 is 27.7 Å². The molecule has 2 N–H and O–H groups in total. The number of benzene rings is 3. The molecule has 3 nitrogen and oxygen atoms in total. The van der Waals surface area contributed by atoms with Crippen LogP contribution in [0.15, 0.2) is 48.5 Å². The number of carbonyl (C=O) groups excluding carboxylic acids is 1. The molecule has 0 fully saturated rings. The summed E-state index contributed by atoms with van der Waals surface area (Å²) in [6, 6.07) is 12.2. The summed E-state index contributed by atoms with van der Waals surface area (Å²) in [4.78, 5) is 12.0. The van der Waals surface area contributed by atoms with Crippen molar-refractivity contribution in [2.45, 2.75) is 26.3 Å². The average Bonchev–Trinajstić information content (AvgIpc) is 2.97. The van der Waals surface area contributed by atoms with Crippen LogP contribution in [0, 0.1) is 17.5 Å². The molecule has 29 heavy (non-hydrogen) atoms. The Kier molecular flexibility index (Phi) is 4.57. The highest BCUT2D eigenvalue weighted by Gasteiger charge is 2.20. The van der Waals surface area contributed by atoms with Crippen LogP contribution < -0.4 is 5.73 Å². The van der Waals surface area contributed by atoms with Crippen LogP contribution in [-0.4, -0.2) is 10.5 Å². The molecular formula is C23H19F3N2O. The third-order valence-electron chi connectivity index (χ3n) is 5.27. The van der Waals surface area contributed by atoms with E-state index in [1.54, 1.807) is 22.8 Å². The zero-order valence-electron chi connectivity index (χ0n) is 16.0. The van der Waals surface area contributed by atoms with Gasteiger partial charge in [-0.1, -0.05) is 32.0 Å². The van der Waals surface area contributed by atoms with Crippen LogP contribution in [0.4, 0.5) is 13.2 Å². The second-order valence-electron chi connectivity index (χ2n) is 7.43. The number of rotatable bonds is 4. The van der Waals surface area contributed by atoms with E-state index in [-0.39, 0.29) is 18.0 Å². The number of amides is 1. The molecule has 0 saturated carbocycles. The number of hydrogen-bond acceptors (Lipinski definition) is 1. The number of fused-ring (bicyclic) bond motifs is 3. The number of hydrogen-bond donors (Lipinski definition) is 1. The van der Waals surface area contributed by atoms with Gasteiger partial charge < -0.3 is 10.3 Å². The molecule has 4 aromatic rings. The fraction of sp³-hybridized carbons (Fsp3) is 0.174. The fourth-order valence-electron chi connectivity index (χ4n) is 3.78. The topological polar surface area (TPSA) is 48.0 Å². The number of aromatic nitrogens is 1. The minimum Gasteiger partial charge on any atom is -0.366 e. The van der Waals surface area contributed by atoms with Crippen molar-refractivity contribution < 1.29 is 18.0 Å². The Morgan fingerprint density at radius 1 is 1.00 bits per heavy atom. The third kappa shape index (κ3) is 3.14. The Labute approximate surface area is 165 Å². The first kappa shape index (κ1) is 19.1. The summed E-state index contributed by atoms with van der Waals surface area (Å²) in [6.07, 6.45) is 0. The first-order valence-electron chi connectivity index (χ1n) is 9.26. The number of nitrogens with zero attached hydrogens (tertiary/aromatic N) is 1. The van der Waals surface area contributed by atoms with Crippen LogP contribution in [0.1, 0.15) is 41.3 Å². The smallest absolute Gasteiger partial charge is 0.249 e. The van der Waals surface area contributed by atoms with Crippen LogP contribution in [0.5, 0.6) is 0 Å². The van der Waals surface area contributed by atoms with Crippen molar-refractivity contribution in [3.05, 3.63) is 82.7 Å². The number of halogens is 3. The molecule has 0 radical (unpaired) electrons. The maximum atomic E-state index is 14.4. The van der Waals surface area contributed by atoms with Crippen LogP contribution >= 0.6 is 0 Å². The van der Waals surface area contributed by atoms with Crippen molar-refractivity contribution in [3.63, 3.8) is 0 Å². The van der Waals surface area contributed by atoms with Crippen LogP contribution in [0.2, 0.25) is 0 Å². The molecule has 3 aromatic carbocycles. The van der Waals surface area contributed by atoms with Gasteiger partial charge in [-0.3, -0.25) is 4.79 Å². The molecule has 6 heteroatoms. The molecule has 1 aromatic heterocycles. The molecule has 0 unspecified atom stereocenters. The first-order valence-corrected chi connectivity index (χ1v) is 9.26. The maximum absolute atomic E-state index is 14.4. The Balaban J connectivity index is 2.07. The monoisotopic (exact) mass is 396 g/mol. The standard InChI is InChI=1S/C23H19F3N2O/c1-12(2)13-6-7-15-21(8-13)28(11-17-18(25)9-14(24)10-19(17)26)20-5-3-4-16(22(15)20)23(27)29/h3-10,12H,11H2,1-2H3,(H2,27,29). The summed E-state index contributed by atoms with van der Waals surface area (Å²) in [5.41, 5.74) is 8.05. The SMILES string of the molecule is CC(C)c1ccc2c3c(C(N)=O)cccc3n(Cc3c(F)cc(F)cc3F)c2c1. The van der Waals surface area contributed by atoms with Gasteiger partial charge in [0.25, 0.3) is 0 Å². The number of primary amides is 1. The van der Waals surface area contributed by atoms with Gasteiger partial charge in [0, 0.05) is 39.5 Å². The zero-order valence-corrected chi connectivity index (χ0v) is 16.0. The lowest BCUT2D eigenvalue weighted by Gasteiger charge is -2.12. The number of carbonyl (C=O) groups is 1. The highest BCUT2D eigenvalue weighted by atomic mass is 19.1. The maximum Gasteiger partial charge on any atom is 0.249 e. The van der Waals surface area contributed by atoms with Crippen molar-refractivity contribution in [2.24, 2.45) is 5.73 Å². The average molecular weight is 396 g/mol. The summed E-state index contributed by atoms with van der Waals surface area (Å²) in [5, 5.41) is 1.40. The molecule has 148 valence electrons. The summed E-state index contributed by atoms with van der Waals surface area (Å²) < 4.78 is 43.8. The lowest BCUT2D eigenvalue weighted by Crippen LogP contribution is -2.11. The molecule has 0 bridgehead atoms. The van der Waals surface area contributed by atoms with Crippen LogP contribution in [0.25, 0.3) is 21.8 Å². The Morgan fingerprint density at radius 3 is 2.31 bits per heavy atom. The van der Waals surface area contributed by atoms with Gasteiger partial charge in [0.2, 0.25) is 5.91 Å². The lowest BCUT2D eigenvalue weighted by molar-refractivity contribution is 0.100. The highest BCUT2D eigenvalue weighted by molar-refractivity contribution is 6.18. The second-order valence-corrected chi connectivity index (χ2v) is 7.43. The van der Waals surface area contributed by atoms with E-state index in [1.165, 1.54) is 0 Å². The van der Waals surface area contributed by atoms with Crippen molar-refractivity contribution in [1.82, 2.24) is 4.57 Å². The predicted octanol–water partition coefficient (Wildman–Crippen LogP) is 5.48. The largest absolute Gasteiger partial charge is 0.366 e. The molecule has 0 saturated heterocycles. The van der Waals surface area contributed by atoms with Gasteiger partial charge in [-0.25, -0.2) is 13.2 Å². The quantitative estimate of drug-likeness (QED) is 0.488. The van der Waals surface area contributed by atoms with Gasteiger partial charge in [0.15, 0.2) is 0 Å². The normalized spacial score (nSPS) is 11.7. The van der Waals surface area contributed by atoms with E-state index in [9.17, 15) is 18.0 Å². The van der Waals surface area contributed by atoms with Crippen molar-refractivity contribution in [1.29, 1.82) is 0 Å². The molecule has 0 aliphatic heterocycles. The van der Waals surface area contributed by atoms with Gasteiger partial charge in [0.05, 0.1) is 12.1 Å². The van der Waals surface area contributed by atoms with Crippen molar-refractivity contribution in [2.75, 3.05) is 0 Å². The second kappa shape index (κ2) is 6.95. The van der Waals surface area contributed by atoms with E-state index in [1.807, 2.05) is 32.0 Å². The molecule has 0 aliphatic carbocycles. The van der Waals surface area contributed by atoms with Gasteiger partial charge in [-0.15, -0.1) is 0 Å². The molecule has 1 heterocycles. The Hall–Kier alpha value is -3.28. The van der Waals surface area contributed by atoms with E-state index in [0.717, 1.165) is 16.5 Å². The minimum absolute atomic E-state index is 0.151. The van der Waals surface area contributed by atoms with Gasteiger partial charge in [-0.2, -0.15) is 0 Å². The molecule has 4 rings (SSSR count). The number of nitrogens with two attached hydrogens (primary N) is 1. The minimum atomic E-state index is -0.968. The van der Waals surface area contributed by atoms with Gasteiger partial charge >= 0.3 is 0 Å². The molecule has 0 aliphatic rings. The van der Waals surface area contributed by atoms with E-state index < -0.39 is 23.4 Å². The zero-order chi connectivity index (χ0) is 20.9. The molecule has 0 spiro atoms. The van der Waals surface area contributed by atoms with Crippen molar-refractivity contribution in [3.8, 4) is 0 Å². The summed E-state index contributed by atoms with van der Waals surface area (Å²) >= 11 is 0. The van der Waals surface area contributed by atoms with E-state index >= 15 is 0 Å².